The summed E-state index contributed by atoms with van der Waals surface area (Å²) in [6, 6.07) is 0. The minimum Gasteiger partial charge on any atom is -0.457 e. The summed E-state index contributed by atoms with van der Waals surface area (Å²) in [5, 5.41) is 0. The van der Waals surface area contributed by atoms with Crippen molar-refractivity contribution in [2.45, 2.75) is 245 Å². The SMILES string of the molecule is CC/C=C\C/C=C\C/C=C\C/C=C\CCCCCCCCCCCCCOCC(COP(=O)(O)OCC[N+](C)(C)C)OC(=O)CCCCCCCCCCCCCCCCCCCC. The number of rotatable bonds is 50. The highest BCUT2D eigenvalue weighted by molar-refractivity contribution is 7.47. The third kappa shape index (κ3) is 51.4. The van der Waals surface area contributed by atoms with E-state index in [-0.39, 0.29) is 25.8 Å². The summed E-state index contributed by atoms with van der Waals surface area (Å²) in [7, 11) is 1.67. The Morgan fingerprint density at radius 2 is 0.906 bits per heavy atom. The van der Waals surface area contributed by atoms with Gasteiger partial charge in [0.2, 0.25) is 0 Å². The fraction of sp³-hybridized carbons (Fsp3) is 0.836. The van der Waals surface area contributed by atoms with E-state index >= 15 is 0 Å². The molecule has 0 bridgehead atoms. The first-order chi connectivity index (χ1) is 31.1. The number of carbonyl (C=O) groups excluding carboxylic acids is 1. The van der Waals surface area contributed by atoms with Gasteiger partial charge in [0.1, 0.15) is 19.3 Å². The maximum atomic E-state index is 12.8. The number of allylic oxidation sites excluding steroid dienone is 8. The van der Waals surface area contributed by atoms with Gasteiger partial charge >= 0.3 is 13.8 Å². The molecule has 376 valence electrons. The Bertz CT molecular complexity index is 1160. The average molecular weight is 923 g/mol. The van der Waals surface area contributed by atoms with Crippen molar-refractivity contribution in [3.63, 3.8) is 0 Å². The van der Waals surface area contributed by atoms with Crippen molar-refractivity contribution in [3.8, 4) is 0 Å². The van der Waals surface area contributed by atoms with E-state index in [0.29, 0.717) is 24.1 Å². The van der Waals surface area contributed by atoms with E-state index in [1.165, 1.54) is 161 Å². The van der Waals surface area contributed by atoms with Gasteiger partial charge in [0.25, 0.3) is 0 Å². The Morgan fingerprint density at radius 1 is 0.500 bits per heavy atom. The number of phosphoric ester groups is 1. The fourth-order valence-electron chi connectivity index (χ4n) is 7.55. The molecule has 0 spiro atoms. The molecular weight excluding hydrogens is 818 g/mol. The van der Waals surface area contributed by atoms with E-state index in [9.17, 15) is 14.3 Å². The van der Waals surface area contributed by atoms with Crippen molar-refractivity contribution in [1.29, 1.82) is 0 Å². The smallest absolute Gasteiger partial charge is 0.457 e. The highest BCUT2D eigenvalue weighted by atomic mass is 31.2. The summed E-state index contributed by atoms with van der Waals surface area (Å²) in [5.74, 6) is -0.311. The van der Waals surface area contributed by atoms with Crippen LogP contribution in [-0.2, 0) is 27.9 Å². The fourth-order valence-corrected chi connectivity index (χ4v) is 8.29. The van der Waals surface area contributed by atoms with E-state index in [2.05, 4.69) is 62.5 Å². The van der Waals surface area contributed by atoms with E-state index < -0.39 is 13.9 Å². The molecule has 2 atom stereocenters. The van der Waals surface area contributed by atoms with Gasteiger partial charge in [0, 0.05) is 13.0 Å². The van der Waals surface area contributed by atoms with Crippen LogP contribution in [0, 0.1) is 0 Å². The first-order valence-corrected chi connectivity index (χ1v) is 28.4. The Hall–Kier alpha value is -1.54. The molecule has 1 N–H and O–H groups in total. The maximum Gasteiger partial charge on any atom is 0.472 e. The van der Waals surface area contributed by atoms with Crippen LogP contribution in [0.25, 0.3) is 0 Å². The Labute approximate surface area is 397 Å². The summed E-state index contributed by atoms with van der Waals surface area (Å²) in [6.07, 6.45) is 60.2. The van der Waals surface area contributed by atoms with E-state index in [4.69, 9.17) is 18.5 Å². The molecule has 0 saturated heterocycles. The molecule has 0 rings (SSSR count). The molecule has 0 radical (unpaired) electrons. The van der Waals surface area contributed by atoms with Crippen molar-refractivity contribution in [1.82, 2.24) is 0 Å². The minimum atomic E-state index is -4.28. The average Bonchev–Trinajstić information content (AvgIpc) is 3.25. The molecule has 0 fully saturated rings. The highest BCUT2D eigenvalue weighted by Crippen LogP contribution is 2.43. The number of esters is 1. The van der Waals surface area contributed by atoms with Crippen LogP contribution in [0.5, 0.6) is 0 Å². The van der Waals surface area contributed by atoms with Gasteiger partial charge in [-0.3, -0.25) is 13.8 Å². The van der Waals surface area contributed by atoms with Gasteiger partial charge in [-0.15, -0.1) is 0 Å². The molecule has 0 aliphatic heterocycles. The van der Waals surface area contributed by atoms with Gasteiger partial charge < -0.3 is 18.9 Å². The van der Waals surface area contributed by atoms with Crippen LogP contribution < -0.4 is 0 Å². The van der Waals surface area contributed by atoms with E-state index in [0.717, 1.165) is 57.8 Å². The van der Waals surface area contributed by atoms with Crippen molar-refractivity contribution in [3.05, 3.63) is 48.6 Å². The number of hydrogen-bond donors (Lipinski definition) is 1. The largest absolute Gasteiger partial charge is 0.472 e. The van der Waals surface area contributed by atoms with Crippen molar-refractivity contribution in [2.75, 3.05) is 54.1 Å². The molecule has 0 aliphatic rings. The molecule has 9 heteroatoms. The number of likely N-dealkylation sites (N-methyl/N-ethyl adjacent to an activating group) is 1. The lowest BCUT2D eigenvalue weighted by Gasteiger charge is -2.24. The van der Waals surface area contributed by atoms with Crippen LogP contribution in [0.2, 0.25) is 0 Å². The molecule has 64 heavy (non-hydrogen) atoms. The number of quaternary nitrogens is 1. The lowest BCUT2D eigenvalue weighted by Crippen LogP contribution is -2.37. The third-order valence-corrected chi connectivity index (χ3v) is 12.6. The van der Waals surface area contributed by atoms with Crippen molar-refractivity contribution >= 4 is 13.8 Å². The summed E-state index contributed by atoms with van der Waals surface area (Å²) in [5.41, 5.74) is 0. The zero-order valence-electron chi connectivity index (χ0n) is 42.8. The first kappa shape index (κ1) is 62.5. The van der Waals surface area contributed by atoms with Crippen LogP contribution in [0.3, 0.4) is 0 Å². The molecule has 0 amide bonds. The zero-order valence-corrected chi connectivity index (χ0v) is 43.7. The minimum absolute atomic E-state index is 0.0886. The Kier molecular flexibility index (Phi) is 46.8. The maximum absolute atomic E-state index is 12.8. The van der Waals surface area contributed by atoms with Gasteiger partial charge in [0.05, 0.1) is 34.4 Å². The predicted octanol–water partition coefficient (Wildman–Crippen LogP) is 16.7. The lowest BCUT2D eigenvalue weighted by molar-refractivity contribution is -0.870. The normalized spacial score (nSPS) is 13.9. The van der Waals surface area contributed by atoms with E-state index in [1.807, 2.05) is 21.1 Å². The van der Waals surface area contributed by atoms with Crippen molar-refractivity contribution < 1.29 is 37.3 Å². The lowest BCUT2D eigenvalue weighted by atomic mass is 10.0. The molecule has 0 aromatic heterocycles. The second-order valence-electron chi connectivity index (χ2n) is 19.2. The zero-order chi connectivity index (χ0) is 46.9. The molecule has 0 aliphatic carbocycles. The molecule has 0 aromatic carbocycles. The number of ether oxygens (including phenoxy) is 2. The van der Waals surface area contributed by atoms with Gasteiger partial charge in [0.15, 0.2) is 0 Å². The predicted molar refractivity (Wildman–Crippen MR) is 275 cm³/mol. The molecule has 8 nitrogen and oxygen atoms in total. The molecule has 0 aromatic rings. The molecule has 0 heterocycles. The van der Waals surface area contributed by atoms with Crippen LogP contribution in [0.4, 0.5) is 0 Å². The number of carbonyl (C=O) groups is 1. The van der Waals surface area contributed by atoms with Gasteiger partial charge in [-0.25, -0.2) is 4.57 Å². The number of nitrogens with zero attached hydrogens (tertiary/aromatic N) is 1. The molecule has 0 saturated carbocycles. The Balaban J connectivity index is 4.09. The third-order valence-electron chi connectivity index (χ3n) is 11.7. The van der Waals surface area contributed by atoms with Crippen LogP contribution in [0.1, 0.15) is 239 Å². The topological polar surface area (TPSA) is 91.3 Å². The number of unbranched alkanes of at least 4 members (excludes halogenated alkanes) is 28. The van der Waals surface area contributed by atoms with Gasteiger partial charge in [-0.1, -0.05) is 229 Å². The summed E-state index contributed by atoms with van der Waals surface area (Å²) in [6.45, 7) is 5.54. The first-order valence-electron chi connectivity index (χ1n) is 26.9. The van der Waals surface area contributed by atoms with Crippen LogP contribution >= 0.6 is 7.82 Å². The monoisotopic (exact) mass is 923 g/mol. The van der Waals surface area contributed by atoms with Gasteiger partial charge in [-0.2, -0.15) is 0 Å². The summed E-state index contributed by atoms with van der Waals surface area (Å²) in [4.78, 5) is 23.0. The van der Waals surface area contributed by atoms with Crippen molar-refractivity contribution in [2.24, 2.45) is 0 Å². The van der Waals surface area contributed by atoms with Crippen LogP contribution in [0.15, 0.2) is 48.6 Å². The van der Waals surface area contributed by atoms with Gasteiger partial charge in [-0.05, 0) is 51.4 Å². The highest BCUT2D eigenvalue weighted by Gasteiger charge is 2.26. The second-order valence-corrected chi connectivity index (χ2v) is 20.7. The quantitative estimate of drug-likeness (QED) is 0.0214. The van der Waals surface area contributed by atoms with E-state index in [1.54, 1.807) is 0 Å². The number of phosphoric acid groups is 1. The Morgan fingerprint density at radius 3 is 1.36 bits per heavy atom. The van der Waals surface area contributed by atoms with Crippen LogP contribution in [-0.4, -0.2) is 75.6 Å². The molecular formula is C55H105NO7P+. The second kappa shape index (κ2) is 47.9. The molecule has 2 unspecified atom stereocenters. The summed E-state index contributed by atoms with van der Waals surface area (Å²) < 4.78 is 35.2. The number of hydrogen-bond acceptors (Lipinski definition) is 6. The standard InChI is InChI=1S/C55H104NO7P/c1-6-8-10-12-14-16-18-20-22-24-26-27-28-29-30-31-33-35-37-39-41-43-45-47-50-60-52-54(53-62-64(58,59)61-51-49-56(3,4)5)63-55(57)48-46-44-42-40-38-36-34-32-25-23-21-19-17-15-13-11-9-7-2/h8,10,14,16,20,22,26-27,54H,6-7,9,11-13,15,17-19,21,23-25,28-53H2,1-5H3/p+1/b10-8-,16-14-,22-20-,27-26-. The summed E-state index contributed by atoms with van der Waals surface area (Å²) >= 11 is 0.